The van der Waals surface area contributed by atoms with Crippen LogP contribution in [0.2, 0.25) is 0 Å². The molecular formula is C17H19NO3S. The molecule has 1 aliphatic heterocycles. The van der Waals surface area contributed by atoms with Crippen LogP contribution in [0.15, 0.2) is 46.4 Å². The topological polar surface area (TPSA) is 42.7 Å². The smallest absolute Gasteiger partial charge is 0.247 e. The number of hydrogen-bond acceptors (Lipinski definition) is 4. The van der Waals surface area contributed by atoms with E-state index < -0.39 is 0 Å². The van der Waals surface area contributed by atoms with Gasteiger partial charge in [-0.1, -0.05) is 6.07 Å². The van der Waals surface area contributed by atoms with Crippen LogP contribution in [0.25, 0.3) is 6.08 Å². The molecule has 0 unspecified atom stereocenters. The Morgan fingerprint density at radius 3 is 2.86 bits per heavy atom. The Bertz CT molecular complexity index is 598. The minimum Gasteiger partial charge on any atom is -0.465 e. The van der Waals surface area contributed by atoms with Gasteiger partial charge >= 0.3 is 0 Å². The molecule has 0 atom stereocenters. The fourth-order valence-corrected chi connectivity index (χ4v) is 3.29. The molecule has 5 heteroatoms. The molecular weight excluding hydrogens is 298 g/mol. The fraction of sp³-hybridized carbons (Fsp3) is 0.353. The predicted molar refractivity (Wildman–Crippen MR) is 86.5 cm³/mol. The maximum atomic E-state index is 12.6. The van der Waals surface area contributed by atoms with Crippen molar-refractivity contribution in [3.63, 3.8) is 0 Å². The number of thiophene rings is 1. The Kier molecular flexibility index (Phi) is 5.08. The molecule has 1 amide bonds. The fourth-order valence-electron chi connectivity index (χ4n) is 2.59. The van der Waals surface area contributed by atoms with E-state index in [0.717, 1.165) is 26.1 Å². The van der Waals surface area contributed by atoms with Crippen LogP contribution in [0.4, 0.5) is 0 Å². The quantitative estimate of drug-likeness (QED) is 0.792. The molecule has 1 aliphatic rings. The van der Waals surface area contributed by atoms with Gasteiger partial charge in [0.1, 0.15) is 5.76 Å². The number of nitrogens with zero attached hydrogens (tertiary/aromatic N) is 1. The summed E-state index contributed by atoms with van der Waals surface area (Å²) in [6.07, 6.45) is 6.72. The minimum atomic E-state index is 0.0247. The van der Waals surface area contributed by atoms with Crippen molar-refractivity contribution in [3.05, 3.63) is 52.6 Å². The molecule has 2 aromatic heterocycles. The zero-order valence-corrected chi connectivity index (χ0v) is 13.1. The third-order valence-corrected chi connectivity index (χ3v) is 4.62. The van der Waals surface area contributed by atoms with Gasteiger partial charge in [0, 0.05) is 30.2 Å². The number of amides is 1. The van der Waals surface area contributed by atoms with E-state index in [-0.39, 0.29) is 11.9 Å². The van der Waals surface area contributed by atoms with E-state index in [0.29, 0.717) is 12.3 Å². The second-order valence-electron chi connectivity index (χ2n) is 5.24. The molecule has 116 valence electrons. The molecule has 0 aliphatic carbocycles. The van der Waals surface area contributed by atoms with Crippen molar-refractivity contribution in [3.8, 4) is 0 Å². The first-order valence-electron chi connectivity index (χ1n) is 7.45. The van der Waals surface area contributed by atoms with Crippen molar-refractivity contribution in [2.75, 3.05) is 13.2 Å². The van der Waals surface area contributed by atoms with Crippen molar-refractivity contribution in [2.45, 2.75) is 25.4 Å². The number of carbonyl (C=O) groups is 1. The van der Waals surface area contributed by atoms with Gasteiger partial charge in [0.2, 0.25) is 5.91 Å². The standard InChI is InChI=1S/C17H19NO3S/c19-17(6-5-15-3-1-9-21-15)18(13-16-4-2-12-22-16)14-7-10-20-11-8-14/h1-6,9,12,14H,7-8,10-11,13H2. The molecule has 4 nitrogen and oxygen atoms in total. The largest absolute Gasteiger partial charge is 0.465 e. The first-order chi connectivity index (χ1) is 10.8. The lowest BCUT2D eigenvalue weighted by Crippen LogP contribution is -2.42. The van der Waals surface area contributed by atoms with E-state index in [9.17, 15) is 4.79 Å². The van der Waals surface area contributed by atoms with Crippen molar-refractivity contribution in [1.82, 2.24) is 4.90 Å². The SMILES string of the molecule is O=C(C=Cc1ccco1)N(Cc1cccs1)C1CCOCC1. The average Bonchev–Trinajstić information content (AvgIpc) is 3.24. The Morgan fingerprint density at radius 2 is 2.18 bits per heavy atom. The highest BCUT2D eigenvalue weighted by Gasteiger charge is 2.24. The summed E-state index contributed by atoms with van der Waals surface area (Å²) in [4.78, 5) is 15.8. The maximum absolute atomic E-state index is 12.6. The first kappa shape index (κ1) is 15.1. The number of hydrogen-bond donors (Lipinski definition) is 0. The van der Waals surface area contributed by atoms with Gasteiger partial charge in [0.25, 0.3) is 0 Å². The monoisotopic (exact) mass is 317 g/mol. The van der Waals surface area contributed by atoms with Gasteiger partial charge in [0.05, 0.1) is 12.8 Å². The Hall–Kier alpha value is -1.85. The zero-order valence-electron chi connectivity index (χ0n) is 12.3. The van der Waals surface area contributed by atoms with E-state index in [1.807, 2.05) is 28.5 Å². The van der Waals surface area contributed by atoms with Crippen LogP contribution in [0.3, 0.4) is 0 Å². The second-order valence-corrected chi connectivity index (χ2v) is 6.27. The van der Waals surface area contributed by atoms with Crippen LogP contribution in [-0.4, -0.2) is 30.1 Å². The van der Waals surface area contributed by atoms with Crippen LogP contribution >= 0.6 is 11.3 Å². The molecule has 0 bridgehead atoms. The van der Waals surface area contributed by atoms with E-state index in [2.05, 4.69) is 6.07 Å². The summed E-state index contributed by atoms with van der Waals surface area (Å²) in [5, 5.41) is 2.04. The molecule has 3 rings (SSSR count). The van der Waals surface area contributed by atoms with Gasteiger partial charge in [0.15, 0.2) is 0 Å². The van der Waals surface area contributed by atoms with Gasteiger partial charge in [-0.15, -0.1) is 11.3 Å². The Labute approximate surface area is 134 Å². The second kappa shape index (κ2) is 7.42. The molecule has 22 heavy (non-hydrogen) atoms. The Morgan fingerprint density at radius 1 is 1.32 bits per heavy atom. The summed E-state index contributed by atoms with van der Waals surface area (Å²) in [6.45, 7) is 2.10. The highest BCUT2D eigenvalue weighted by molar-refractivity contribution is 7.09. The summed E-state index contributed by atoms with van der Waals surface area (Å²) in [6, 6.07) is 7.98. The van der Waals surface area contributed by atoms with Crippen LogP contribution in [0.1, 0.15) is 23.5 Å². The first-order valence-corrected chi connectivity index (χ1v) is 8.33. The van der Waals surface area contributed by atoms with Crippen LogP contribution < -0.4 is 0 Å². The van der Waals surface area contributed by atoms with Gasteiger partial charge in [-0.05, 0) is 42.5 Å². The lowest BCUT2D eigenvalue weighted by atomic mass is 10.1. The lowest BCUT2D eigenvalue weighted by Gasteiger charge is -2.33. The van der Waals surface area contributed by atoms with E-state index in [1.165, 1.54) is 4.88 Å². The van der Waals surface area contributed by atoms with E-state index >= 15 is 0 Å². The molecule has 0 aromatic carbocycles. The summed E-state index contributed by atoms with van der Waals surface area (Å²) in [7, 11) is 0. The highest BCUT2D eigenvalue weighted by atomic mass is 32.1. The number of carbonyl (C=O) groups excluding carboxylic acids is 1. The van der Waals surface area contributed by atoms with Crippen molar-refractivity contribution < 1.29 is 13.9 Å². The summed E-state index contributed by atoms with van der Waals surface area (Å²) < 4.78 is 10.7. The van der Waals surface area contributed by atoms with Crippen LogP contribution in [0, 0.1) is 0 Å². The van der Waals surface area contributed by atoms with Gasteiger partial charge < -0.3 is 14.1 Å². The van der Waals surface area contributed by atoms with Gasteiger partial charge in [-0.25, -0.2) is 0 Å². The lowest BCUT2D eigenvalue weighted by molar-refractivity contribution is -0.130. The number of furan rings is 1. The number of rotatable bonds is 5. The van der Waals surface area contributed by atoms with Crippen LogP contribution in [0.5, 0.6) is 0 Å². The normalized spacial score (nSPS) is 16.2. The molecule has 0 saturated carbocycles. The third kappa shape index (κ3) is 3.87. The molecule has 0 spiro atoms. The van der Waals surface area contributed by atoms with E-state index in [4.69, 9.17) is 9.15 Å². The zero-order chi connectivity index (χ0) is 15.2. The highest BCUT2D eigenvalue weighted by Crippen LogP contribution is 2.20. The molecule has 3 heterocycles. The van der Waals surface area contributed by atoms with Crippen LogP contribution in [-0.2, 0) is 16.1 Å². The van der Waals surface area contributed by atoms with E-state index in [1.54, 1.807) is 29.8 Å². The third-order valence-electron chi connectivity index (χ3n) is 3.75. The minimum absolute atomic E-state index is 0.0247. The van der Waals surface area contributed by atoms with Crippen molar-refractivity contribution >= 4 is 23.3 Å². The van der Waals surface area contributed by atoms with Gasteiger partial charge in [-0.2, -0.15) is 0 Å². The maximum Gasteiger partial charge on any atom is 0.247 e. The number of ether oxygens (including phenoxy) is 1. The van der Waals surface area contributed by atoms with Crippen molar-refractivity contribution in [2.24, 2.45) is 0 Å². The summed E-state index contributed by atoms with van der Waals surface area (Å²) in [5.41, 5.74) is 0. The molecule has 2 aromatic rings. The molecule has 1 fully saturated rings. The summed E-state index contributed by atoms with van der Waals surface area (Å²) >= 11 is 1.68. The Balaban J connectivity index is 1.72. The average molecular weight is 317 g/mol. The van der Waals surface area contributed by atoms with Crippen molar-refractivity contribution in [1.29, 1.82) is 0 Å². The summed E-state index contributed by atoms with van der Waals surface area (Å²) in [5.74, 6) is 0.716. The molecule has 1 saturated heterocycles. The predicted octanol–water partition coefficient (Wildman–Crippen LogP) is 3.56. The molecule has 0 N–H and O–H groups in total. The van der Waals surface area contributed by atoms with Gasteiger partial charge in [-0.3, -0.25) is 4.79 Å². The molecule has 0 radical (unpaired) electrons.